The van der Waals surface area contributed by atoms with Gasteiger partial charge in [-0.1, -0.05) is 30.3 Å². The van der Waals surface area contributed by atoms with Crippen molar-refractivity contribution in [3.8, 4) is 0 Å². The summed E-state index contributed by atoms with van der Waals surface area (Å²) in [5.41, 5.74) is 7.49. The van der Waals surface area contributed by atoms with Crippen molar-refractivity contribution in [3.63, 3.8) is 0 Å². The Morgan fingerprint density at radius 1 is 1.00 bits per heavy atom. The van der Waals surface area contributed by atoms with Gasteiger partial charge in [0, 0.05) is 18.2 Å². The number of carbonyl (C=O) groups excluding carboxylic acids is 2. The van der Waals surface area contributed by atoms with E-state index in [4.69, 9.17) is 5.73 Å². The van der Waals surface area contributed by atoms with Gasteiger partial charge in [0.05, 0.1) is 11.3 Å². The van der Waals surface area contributed by atoms with Crippen molar-refractivity contribution in [2.45, 2.75) is 18.9 Å². The highest BCUT2D eigenvalue weighted by Crippen LogP contribution is 2.31. The van der Waals surface area contributed by atoms with Gasteiger partial charge in [-0.15, -0.1) is 12.4 Å². The third-order valence-electron chi connectivity index (χ3n) is 4.18. The molecular weight excluding hydrogens is 338 g/mol. The fourth-order valence-corrected chi connectivity index (χ4v) is 2.57. The Bertz CT molecular complexity index is 732. The van der Waals surface area contributed by atoms with Crippen molar-refractivity contribution in [1.82, 2.24) is 5.32 Å². The summed E-state index contributed by atoms with van der Waals surface area (Å²) in [7, 11) is 0. The highest BCUT2D eigenvalue weighted by molar-refractivity contribution is 6.08. The molecule has 0 bridgehead atoms. The van der Waals surface area contributed by atoms with Gasteiger partial charge in [-0.25, -0.2) is 0 Å². The van der Waals surface area contributed by atoms with Crippen LogP contribution < -0.4 is 16.4 Å². The molecule has 2 aromatic carbocycles. The van der Waals surface area contributed by atoms with E-state index in [9.17, 15) is 9.59 Å². The van der Waals surface area contributed by atoms with Crippen LogP contribution in [0.3, 0.4) is 0 Å². The van der Waals surface area contributed by atoms with E-state index < -0.39 is 0 Å². The number of hydrogen-bond acceptors (Lipinski definition) is 3. The van der Waals surface area contributed by atoms with Crippen molar-refractivity contribution in [3.05, 3.63) is 65.7 Å². The molecule has 1 saturated carbocycles. The average Bonchev–Trinajstić information content (AvgIpc) is 3.46. The normalized spacial score (nSPS) is 14.1. The summed E-state index contributed by atoms with van der Waals surface area (Å²) in [5.74, 6) is 0.0546. The van der Waals surface area contributed by atoms with E-state index in [1.807, 2.05) is 6.07 Å². The molecule has 0 heterocycles. The lowest BCUT2D eigenvalue weighted by Gasteiger charge is -2.14. The van der Waals surface area contributed by atoms with Crippen molar-refractivity contribution in [1.29, 1.82) is 0 Å². The molecule has 4 N–H and O–H groups in total. The lowest BCUT2D eigenvalue weighted by atomic mass is 10.1. The maximum atomic E-state index is 12.4. The number of nitrogens with two attached hydrogens (primary N) is 1. The molecule has 2 aromatic rings. The molecule has 2 amide bonds. The molecule has 1 aliphatic carbocycles. The minimum absolute atomic E-state index is 0. The van der Waals surface area contributed by atoms with E-state index in [0.717, 1.165) is 12.8 Å². The standard InChI is InChI=1S/C19H21N3O2.ClH/c20-16(13-10-11-13)12-21-19(24)15-8-4-5-9-17(15)22-18(23)14-6-2-1-3-7-14;/h1-9,13,16H,10-12,20H2,(H,21,24)(H,22,23);1H. The maximum Gasteiger partial charge on any atom is 0.255 e. The largest absolute Gasteiger partial charge is 0.350 e. The predicted molar refractivity (Wildman–Crippen MR) is 101 cm³/mol. The van der Waals surface area contributed by atoms with E-state index in [2.05, 4.69) is 10.6 Å². The molecule has 1 atom stereocenters. The molecule has 132 valence electrons. The summed E-state index contributed by atoms with van der Waals surface area (Å²) in [4.78, 5) is 24.7. The van der Waals surface area contributed by atoms with Crippen molar-refractivity contribution in [2.75, 3.05) is 11.9 Å². The molecule has 0 radical (unpaired) electrons. The zero-order valence-electron chi connectivity index (χ0n) is 13.8. The number of amides is 2. The predicted octanol–water partition coefficient (Wildman–Crippen LogP) is 2.83. The number of hydrogen-bond donors (Lipinski definition) is 3. The van der Waals surface area contributed by atoms with Gasteiger partial charge in [0.2, 0.25) is 0 Å². The molecule has 5 nitrogen and oxygen atoms in total. The van der Waals surface area contributed by atoms with E-state index in [0.29, 0.717) is 29.3 Å². The zero-order valence-corrected chi connectivity index (χ0v) is 14.6. The van der Waals surface area contributed by atoms with E-state index >= 15 is 0 Å². The minimum atomic E-state index is -0.245. The SMILES string of the molecule is Cl.NC(CNC(=O)c1ccccc1NC(=O)c1ccccc1)C1CC1. The van der Waals surface area contributed by atoms with Crippen LogP contribution in [0, 0.1) is 5.92 Å². The summed E-state index contributed by atoms with van der Waals surface area (Å²) in [6, 6.07) is 15.9. The van der Waals surface area contributed by atoms with Gasteiger partial charge in [0.25, 0.3) is 11.8 Å². The third-order valence-corrected chi connectivity index (χ3v) is 4.18. The first kappa shape index (κ1) is 19.0. The zero-order chi connectivity index (χ0) is 16.9. The van der Waals surface area contributed by atoms with Crippen molar-refractivity contribution in [2.24, 2.45) is 11.7 Å². The molecule has 1 unspecified atom stereocenters. The van der Waals surface area contributed by atoms with E-state index in [1.54, 1.807) is 48.5 Å². The van der Waals surface area contributed by atoms with Crippen LogP contribution in [-0.2, 0) is 0 Å². The second kappa shape index (κ2) is 8.65. The second-order valence-corrected chi connectivity index (χ2v) is 6.08. The summed E-state index contributed by atoms with van der Waals surface area (Å²) in [5, 5.41) is 5.66. The Balaban J connectivity index is 0.00000225. The van der Waals surface area contributed by atoms with Crippen molar-refractivity contribution >= 4 is 29.9 Å². The molecular formula is C19H22ClN3O2. The maximum absolute atomic E-state index is 12.4. The first-order valence-electron chi connectivity index (χ1n) is 8.14. The highest BCUT2D eigenvalue weighted by Gasteiger charge is 2.28. The summed E-state index contributed by atoms with van der Waals surface area (Å²) in [6.07, 6.45) is 2.28. The molecule has 0 aliphatic heterocycles. The van der Waals surface area contributed by atoms with Crippen LogP contribution >= 0.6 is 12.4 Å². The molecule has 25 heavy (non-hydrogen) atoms. The van der Waals surface area contributed by atoms with Gasteiger partial charge in [-0.05, 0) is 43.0 Å². The number of anilines is 1. The molecule has 0 aromatic heterocycles. The number of halogens is 1. The average molecular weight is 360 g/mol. The minimum Gasteiger partial charge on any atom is -0.350 e. The van der Waals surface area contributed by atoms with Gasteiger partial charge in [0.15, 0.2) is 0 Å². The fraction of sp³-hybridized carbons (Fsp3) is 0.263. The van der Waals surface area contributed by atoms with Crippen LogP contribution in [0.4, 0.5) is 5.69 Å². The van der Waals surface area contributed by atoms with Gasteiger partial charge < -0.3 is 16.4 Å². The van der Waals surface area contributed by atoms with Crippen LogP contribution in [0.15, 0.2) is 54.6 Å². The smallest absolute Gasteiger partial charge is 0.255 e. The Kier molecular flexibility index (Phi) is 6.56. The number of para-hydroxylation sites is 1. The van der Waals surface area contributed by atoms with E-state index in [-0.39, 0.29) is 30.3 Å². The molecule has 1 fully saturated rings. The number of nitrogens with one attached hydrogen (secondary N) is 2. The quantitative estimate of drug-likeness (QED) is 0.741. The fourth-order valence-electron chi connectivity index (χ4n) is 2.57. The van der Waals surface area contributed by atoms with Crippen molar-refractivity contribution < 1.29 is 9.59 Å². The Morgan fingerprint density at radius 3 is 2.32 bits per heavy atom. The number of benzene rings is 2. The van der Waals surface area contributed by atoms with E-state index in [1.165, 1.54) is 0 Å². The van der Waals surface area contributed by atoms with Gasteiger partial charge in [-0.2, -0.15) is 0 Å². The van der Waals surface area contributed by atoms with Crippen LogP contribution in [0.5, 0.6) is 0 Å². The van der Waals surface area contributed by atoms with Gasteiger partial charge in [0.1, 0.15) is 0 Å². The molecule has 0 saturated heterocycles. The molecule has 6 heteroatoms. The lowest BCUT2D eigenvalue weighted by molar-refractivity contribution is 0.0951. The third kappa shape index (κ3) is 5.05. The molecule has 1 aliphatic rings. The van der Waals surface area contributed by atoms with Crippen LogP contribution in [0.25, 0.3) is 0 Å². The summed E-state index contributed by atoms with van der Waals surface area (Å²) in [6.45, 7) is 0.449. The summed E-state index contributed by atoms with van der Waals surface area (Å²) >= 11 is 0. The molecule has 3 rings (SSSR count). The number of carbonyl (C=O) groups is 2. The highest BCUT2D eigenvalue weighted by atomic mass is 35.5. The number of rotatable bonds is 6. The lowest BCUT2D eigenvalue weighted by Crippen LogP contribution is -2.38. The Labute approximate surface area is 153 Å². The monoisotopic (exact) mass is 359 g/mol. The summed E-state index contributed by atoms with van der Waals surface area (Å²) < 4.78 is 0. The van der Waals surface area contributed by atoms with Gasteiger partial charge in [-0.3, -0.25) is 9.59 Å². The molecule has 0 spiro atoms. The van der Waals surface area contributed by atoms with Crippen LogP contribution in [0.2, 0.25) is 0 Å². The second-order valence-electron chi connectivity index (χ2n) is 6.08. The first-order valence-corrected chi connectivity index (χ1v) is 8.14. The van der Waals surface area contributed by atoms with Crippen LogP contribution in [-0.4, -0.2) is 24.4 Å². The first-order chi connectivity index (χ1) is 11.6. The van der Waals surface area contributed by atoms with Crippen LogP contribution in [0.1, 0.15) is 33.6 Å². The Morgan fingerprint density at radius 2 is 1.64 bits per heavy atom. The topological polar surface area (TPSA) is 84.2 Å². The van der Waals surface area contributed by atoms with Gasteiger partial charge >= 0.3 is 0 Å². The Hall–Kier alpha value is -2.37.